The first-order chi connectivity index (χ1) is 12.4. The van der Waals surface area contributed by atoms with Gasteiger partial charge in [0, 0.05) is 42.5 Å². The number of carbonyl (C=O) groups excluding carboxylic acids is 2. The smallest absolute Gasteiger partial charge is 0.255 e. The summed E-state index contributed by atoms with van der Waals surface area (Å²) < 4.78 is 0. The molecule has 0 atom stereocenters. The Balaban J connectivity index is 1.73. The first-order valence-electron chi connectivity index (χ1n) is 8.46. The summed E-state index contributed by atoms with van der Waals surface area (Å²) in [6, 6.07) is 8.75. The van der Waals surface area contributed by atoms with Crippen molar-refractivity contribution in [3.8, 4) is 0 Å². The maximum Gasteiger partial charge on any atom is 0.255 e. The highest BCUT2D eigenvalue weighted by Crippen LogP contribution is 2.28. The fourth-order valence-electron chi connectivity index (χ4n) is 3.52. The summed E-state index contributed by atoms with van der Waals surface area (Å²) in [5.74, 6) is -0.0731. The summed E-state index contributed by atoms with van der Waals surface area (Å²) in [5.41, 5.74) is 4.47. The van der Waals surface area contributed by atoms with Crippen LogP contribution in [0.1, 0.15) is 31.8 Å². The highest BCUT2D eigenvalue weighted by atomic mass is 35.5. The van der Waals surface area contributed by atoms with Crippen LogP contribution in [-0.2, 0) is 0 Å². The highest BCUT2D eigenvalue weighted by molar-refractivity contribution is 6.36. The lowest BCUT2D eigenvalue weighted by Gasteiger charge is -2.37. The van der Waals surface area contributed by atoms with E-state index in [-0.39, 0.29) is 5.91 Å². The molecule has 4 nitrogen and oxygen atoms in total. The number of nitrogens with zero attached hydrogens (tertiary/aromatic N) is 2. The number of carbonyl (C=O) groups is 2. The van der Waals surface area contributed by atoms with Gasteiger partial charge in [0.2, 0.25) is 0 Å². The minimum Gasteiger partial charge on any atom is -0.368 e. The van der Waals surface area contributed by atoms with Gasteiger partial charge in [-0.15, -0.1) is 0 Å². The van der Waals surface area contributed by atoms with Gasteiger partial charge in [0.15, 0.2) is 0 Å². The van der Waals surface area contributed by atoms with Crippen LogP contribution in [0.2, 0.25) is 10.0 Å². The molecule has 0 aliphatic carbocycles. The van der Waals surface area contributed by atoms with Crippen molar-refractivity contribution in [2.75, 3.05) is 31.1 Å². The van der Waals surface area contributed by atoms with Crippen molar-refractivity contribution in [3.05, 3.63) is 62.6 Å². The van der Waals surface area contributed by atoms with Gasteiger partial charge in [0.1, 0.15) is 6.29 Å². The molecule has 1 fully saturated rings. The van der Waals surface area contributed by atoms with E-state index in [1.165, 1.54) is 0 Å². The Morgan fingerprint density at radius 2 is 1.62 bits per heavy atom. The molecule has 2 aromatic carbocycles. The lowest BCUT2D eigenvalue weighted by Crippen LogP contribution is -2.49. The zero-order valence-corrected chi connectivity index (χ0v) is 16.3. The number of aldehydes is 1. The van der Waals surface area contributed by atoms with E-state index >= 15 is 0 Å². The molecule has 26 heavy (non-hydrogen) atoms. The number of amides is 1. The summed E-state index contributed by atoms with van der Waals surface area (Å²) in [6.45, 7) is 6.73. The Labute approximate surface area is 163 Å². The van der Waals surface area contributed by atoms with E-state index in [1.807, 2.05) is 30.9 Å². The van der Waals surface area contributed by atoms with Crippen LogP contribution in [-0.4, -0.2) is 43.3 Å². The average Bonchev–Trinajstić information content (AvgIpc) is 2.61. The number of hydrogen-bond donors (Lipinski definition) is 0. The van der Waals surface area contributed by atoms with Crippen LogP contribution in [0.25, 0.3) is 0 Å². The molecular formula is C20H20Cl2N2O2. The number of piperazine rings is 1. The fourth-order valence-corrected chi connectivity index (χ4v) is 4.01. The van der Waals surface area contributed by atoms with Crippen molar-refractivity contribution in [1.29, 1.82) is 0 Å². The average molecular weight is 391 g/mol. The number of aryl methyl sites for hydroxylation is 2. The quantitative estimate of drug-likeness (QED) is 0.729. The Morgan fingerprint density at radius 3 is 2.15 bits per heavy atom. The fraction of sp³-hybridized carbons (Fsp3) is 0.300. The Hall–Kier alpha value is -2.04. The third-order valence-corrected chi connectivity index (χ3v) is 5.24. The zero-order chi connectivity index (χ0) is 18.8. The van der Waals surface area contributed by atoms with Crippen molar-refractivity contribution >= 4 is 41.1 Å². The predicted molar refractivity (Wildman–Crippen MR) is 106 cm³/mol. The molecule has 1 aliphatic heterocycles. The van der Waals surface area contributed by atoms with E-state index in [0.29, 0.717) is 34.3 Å². The lowest BCUT2D eigenvalue weighted by molar-refractivity contribution is 0.0747. The molecule has 6 heteroatoms. The summed E-state index contributed by atoms with van der Waals surface area (Å²) >= 11 is 12.1. The van der Waals surface area contributed by atoms with Crippen molar-refractivity contribution < 1.29 is 9.59 Å². The van der Waals surface area contributed by atoms with Gasteiger partial charge in [-0.2, -0.15) is 0 Å². The second-order valence-corrected chi connectivity index (χ2v) is 7.37. The first-order valence-corrected chi connectivity index (χ1v) is 9.22. The topological polar surface area (TPSA) is 40.6 Å². The summed E-state index contributed by atoms with van der Waals surface area (Å²) in [4.78, 5) is 27.8. The Kier molecular flexibility index (Phi) is 5.54. The molecule has 0 saturated carbocycles. The molecule has 0 aromatic heterocycles. The Morgan fingerprint density at radius 1 is 1.00 bits per heavy atom. The molecule has 0 N–H and O–H groups in total. The molecule has 1 saturated heterocycles. The van der Waals surface area contributed by atoms with Crippen LogP contribution in [0.3, 0.4) is 0 Å². The van der Waals surface area contributed by atoms with E-state index in [9.17, 15) is 9.59 Å². The molecule has 2 aromatic rings. The van der Waals surface area contributed by atoms with Gasteiger partial charge >= 0.3 is 0 Å². The van der Waals surface area contributed by atoms with Crippen LogP contribution in [0.15, 0.2) is 30.3 Å². The van der Waals surface area contributed by atoms with Gasteiger partial charge in [0.25, 0.3) is 5.91 Å². The first kappa shape index (κ1) is 18.7. The third kappa shape index (κ3) is 3.71. The van der Waals surface area contributed by atoms with E-state index in [2.05, 4.69) is 4.90 Å². The Bertz CT molecular complexity index is 836. The molecule has 1 amide bonds. The molecule has 0 bridgehead atoms. The van der Waals surface area contributed by atoms with E-state index in [0.717, 1.165) is 36.2 Å². The second-order valence-electron chi connectivity index (χ2n) is 6.52. The maximum atomic E-state index is 12.7. The number of rotatable bonds is 3. The van der Waals surface area contributed by atoms with Crippen molar-refractivity contribution in [3.63, 3.8) is 0 Å². The molecule has 1 aliphatic rings. The van der Waals surface area contributed by atoms with Crippen molar-refractivity contribution in [2.24, 2.45) is 0 Å². The van der Waals surface area contributed by atoms with Crippen LogP contribution in [0.5, 0.6) is 0 Å². The summed E-state index contributed by atoms with van der Waals surface area (Å²) in [5, 5.41) is 0.891. The van der Waals surface area contributed by atoms with Crippen molar-refractivity contribution in [1.82, 2.24) is 4.90 Å². The molecular weight excluding hydrogens is 371 g/mol. The third-order valence-electron chi connectivity index (χ3n) is 4.69. The second kappa shape index (κ2) is 7.68. The lowest BCUT2D eigenvalue weighted by atomic mass is 10.0. The van der Waals surface area contributed by atoms with E-state index in [4.69, 9.17) is 23.2 Å². The SMILES string of the molecule is Cc1cc(C=O)cc(C)c1N1CCN(C(=O)c2ccc(Cl)cc2Cl)CC1. The number of anilines is 1. The van der Waals surface area contributed by atoms with Gasteiger partial charge < -0.3 is 9.80 Å². The monoisotopic (exact) mass is 390 g/mol. The minimum atomic E-state index is -0.0731. The van der Waals surface area contributed by atoms with Crippen LogP contribution in [0, 0.1) is 13.8 Å². The molecule has 136 valence electrons. The van der Waals surface area contributed by atoms with Gasteiger partial charge in [-0.3, -0.25) is 9.59 Å². The van der Waals surface area contributed by atoms with Gasteiger partial charge in [-0.25, -0.2) is 0 Å². The standard InChI is InChI=1S/C20H20Cl2N2O2/c1-13-9-15(12-25)10-14(2)19(13)23-5-7-24(8-6-23)20(26)17-4-3-16(21)11-18(17)22/h3-4,9-12H,5-8H2,1-2H3. The molecule has 3 rings (SSSR count). The summed E-state index contributed by atoms with van der Waals surface area (Å²) in [7, 11) is 0. The summed E-state index contributed by atoms with van der Waals surface area (Å²) in [6.07, 6.45) is 0.871. The van der Waals surface area contributed by atoms with Gasteiger partial charge in [0.05, 0.1) is 10.6 Å². The normalized spacial score (nSPS) is 14.5. The molecule has 0 unspecified atom stereocenters. The molecule has 0 spiro atoms. The largest absolute Gasteiger partial charge is 0.368 e. The van der Waals surface area contributed by atoms with Gasteiger partial charge in [-0.05, 0) is 55.3 Å². The zero-order valence-electron chi connectivity index (χ0n) is 14.8. The number of benzene rings is 2. The maximum absolute atomic E-state index is 12.7. The predicted octanol–water partition coefficient (Wildman–Crippen LogP) is 4.39. The van der Waals surface area contributed by atoms with E-state index in [1.54, 1.807) is 18.2 Å². The minimum absolute atomic E-state index is 0.0731. The van der Waals surface area contributed by atoms with Crippen LogP contribution < -0.4 is 4.90 Å². The number of halogens is 2. The van der Waals surface area contributed by atoms with Gasteiger partial charge in [-0.1, -0.05) is 23.2 Å². The number of hydrogen-bond acceptors (Lipinski definition) is 3. The van der Waals surface area contributed by atoms with E-state index < -0.39 is 0 Å². The van der Waals surface area contributed by atoms with Crippen LogP contribution in [0.4, 0.5) is 5.69 Å². The molecule has 1 heterocycles. The molecule has 0 radical (unpaired) electrons. The highest BCUT2D eigenvalue weighted by Gasteiger charge is 2.25. The van der Waals surface area contributed by atoms with Crippen molar-refractivity contribution in [2.45, 2.75) is 13.8 Å². The van der Waals surface area contributed by atoms with Crippen LogP contribution >= 0.6 is 23.2 Å².